The van der Waals surface area contributed by atoms with Crippen LogP contribution in [0.4, 0.5) is 0 Å². The topological polar surface area (TPSA) is 69.6 Å². The highest BCUT2D eigenvalue weighted by molar-refractivity contribution is 5.78. The van der Waals surface area contributed by atoms with E-state index in [0.717, 1.165) is 44.2 Å². The Morgan fingerprint density at radius 2 is 2.08 bits per heavy atom. The first-order valence-corrected chi connectivity index (χ1v) is 9.74. The molecule has 5 unspecified atom stereocenters. The Balaban J connectivity index is 1.40. The summed E-state index contributed by atoms with van der Waals surface area (Å²) in [5.74, 6) is 2.27. The van der Waals surface area contributed by atoms with E-state index in [9.17, 15) is 9.59 Å². The fourth-order valence-electron chi connectivity index (χ4n) is 5.37. The number of carbonyl (C=O) groups excluding carboxylic acids is 1. The molecule has 1 aliphatic heterocycles. The number of amides is 1. The van der Waals surface area contributed by atoms with Gasteiger partial charge in [-0.15, -0.1) is 0 Å². The molecule has 0 radical (unpaired) electrons. The van der Waals surface area contributed by atoms with Gasteiger partial charge in [0.1, 0.15) is 0 Å². The van der Waals surface area contributed by atoms with Crippen molar-refractivity contribution in [3.05, 3.63) is 0 Å². The van der Waals surface area contributed by atoms with Crippen LogP contribution < -0.4 is 5.32 Å². The van der Waals surface area contributed by atoms with Crippen LogP contribution in [-0.2, 0) is 9.59 Å². The van der Waals surface area contributed by atoms with Crippen LogP contribution in [0.1, 0.15) is 58.3 Å². The number of carbonyl (C=O) groups is 2. The number of carboxylic acid groups (broad SMARTS) is 1. The quantitative estimate of drug-likeness (QED) is 0.749. The summed E-state index contributed by atoms with van der Waals surface area (Å²) in [5.41, 5.74) is 0. The molecule has 5 atom stereocenters. The molecule has 2 aliphatic carbocycles. The number of nitrogens with zero attached hydrogens (tertiary/aromatic N) is 1. The van der Waals surface area contributed by atoms with Gasteiger partial charge in [-0.25, -0.2) is 0 Å². The normalized spacial score (nSPS) is 34.2. The van der Waals surface area contributed by atoms with Crippen LogP contribution in [-0.4, -0.2) is 47.6 Å². The van der Waals surface area contributed by atoms with E-state index in [2.05, 4.69) is 17.1 Å². The molecule has 2 saturated carbocycles. The minimum atomic E-state index is -0.718. The average molecular weight is 336 g/mol. The molecular weight excluding hydrogens is 304 g/mol. The lowest BCUT2D eigenvalue weighted by Gasteiger charge is -2.33. The third-order valence-corrected chi connectivity index (χ3v) is 6.56. The Morgan fingerprint density at radius 1 is 1.25 bits per heavy atom. The zero-order valence-corrected chi connectivity index (χ0v) is 14.9. The molecule has 0 aromatic rings. The summed E-state index contributed by atoms with van der Waals surface area (Å²) in [6.07, 6.45) is 8.56. The number of likely N-dealkylation sites (tertiary alicyclic amines) is 1. The Labute approximate surface area is 145 Å². The van der Waals surface area contributed by atoms with E-state index in [4.69, 9.17) is 5.11 Å². The second-order valence-corrected chi connectivity index (χ2v) is 8.37. The maximum Gasteiger partial charge on any atom is 0.303 e. The number of fused-ring (bicyclic) bond motifs is 2. The van der Waals surface area contributed by atoms with Crippen LogP contribution >= 0.6 is 0 Å². The van der Waals surface area contributed by atoms with Gasteiger partial charge < -0.3 is 10.4 Å². The Morgan fingerprint density at radius 3 is 2.75 bits per heavy atom. The van der Waals surface area contributed by atoms with Crippen LogP contribution in [0.15, 0.2) is 0 Å². The van der Waals surface area contributed by atoms with Gasteiger partial charge in [0.25, 0.3) is 0 Å². The summed E-state index contributed by atoms with van der Waals surface area (Å²) in [6, 6.07) is 0.292. The molecule has 1 amide bonds. The lowest BCUT2D eigenvalue weighted by atomic mass is 9.84. The second-order valence-electron chi connectivity index (χ2n) is 8.37. The SMILES string of the molecule is CC(NC(=O)CN1CCCC(CCC(=O)O)C1)C1CC2CCC1C2. The van der Waals surface area contributed by atoms with Gasteiger partial charge in [0.2, 0.25) is 5.91 Å². The highest BCUT2D eigenvalue weighted by atomic mass is 16.4. The standard InChI is InChI=1S/C19H32N2O3/c1-13(17-10-15-4-6-16(17)9-15)20-18(22)12-21-8-2-3-14(11-21)5-7-19(23)24/h13-17H,2-12H2,1H3,(H,20,22)(H,23,24). The first kappa shape index (κ1) is 17.7. The number of carboxylic acids is 1. The number of piperidine rings is 1. The molecule has 2 bridgehead atoms. The molecular formula is C19H32N2O3. The highest BCUT2D eigenvalue weighted by Crippen LogP contribution is 2.49. The molecule has 3 rings (SSSR count). The predicted octanol–water partition coefficient (Wildman–Crippen LogP) is 2.50. The van der Waals surface area contributed by atoms with Crippen molar-refractivity contribution in [2.75, 3.05) is 19.6 Å². The molecule has 1 saturated heterocycles. The van der Waals surface area contributed by atoms with Crippen LogP contribution in [0.5, 0.6) is 0 Å². The largest absolute Gasteiger partial charge is 0.481 e. The van der Waals surface area contributed by atoms with Gasteiger partial charge in [-0.05, 0) is 75.7 Å². The molecule has 136 valence electrons. The van der Waals surface area contributed by atoms with Crippen LogP contribution in [0.3, 0.4) is 0 Å². The van der Waals surface area contributed by atoms with Gasteiger partial charge in [-0.3, -0.25) is 14.5 Å². The molecule has 5 heteroatoms. The van der Waals surface area contributed by atoms with Crippen LogP contribution in [0, 0.1) is 23.7 Å². The van der Waals surface area contributed by atoms with E-state index in [1.807, 2.05) is 0 Å². The fraction of sp³-hybridized carbons (Fsp3) is 0.895. The van der Waals surface area contributed by atoms with E-state index < -0.39 is 5.97 Å². The van der Waals surface area contributed by atoms with Crippen molar-refractivity contribution in [2.45, 2.75) is 64.3 Å². The summed E-state index contributed by atoms with van der Waals surface area (Å²) in [5, 5.41) is 12.1. The lowest BCUT2D eigenvalue weighted by molar-refractivity contribution is -0.137. The second kappa shape index (κ2) is 7.85. The third-order valence-electron chi connectivity index (χ3n) is 6.56. The number of hydrogen-bond acceptors (Lipinski definition) is 3. The zero-order chi connectivity index (χ0) is 17.1. The molecule has 0 aromatic carbocycles. The van der Waals surface area contributed by atoms with Gasteiger partial charge in [0.15, 0.2) is 0 Å². The molecule has 0 spiro atoms. The summed E-state index contributed by atoms with van der Waals surface area (Å²) in [7, 11) is 0. The van der Waals surface area contributed by atoms with Crippen molar-refractivity contribution in [1.29, 1.82) is 0 Å². The molecule has 3 fully saturated rings. The Bertz CT molecular complexity index is 468. The maximum atomic E-state index is 12.4. The Hall–Kier alpha value is -1.10. The summed E-state index contributed by atoms with van der Waals surface area (Å²) < 4.78 is 0. The number of hydrogen-bond donors (Lipinski definition) is 2. The number of aliphatic carboxylic acids is 1. The monoisotopic (exact) mass is 336 g/mol. The van der Waals surface area contributed by atoms with E-state index in [-0.39, 0.29) is 12.3 Å². The van der Waals surface area contributed by atoms with E-state index in [1.165, 1.54) is 25.7 Å². The van der Waals surface area contributed by atoms with E-state index >= 15 is 0 Å². The highest BCUT2D eigenvalue weighted by Gasteiger charge is 2.42. The van der Waals surface area contributed by atoms with Crippen molar-refractivity contribution >= 4 is 11.9 Å². The number of rotatable bonds is 7. The Kier molecular flexibility index (Phi) is 5.80. The van der Waals surface area contributed by atoms with Crippen molar-refractivity contribution in [2.24, 2.45) is 23.7 Å². The summed E-state index contributed by atoms with van der Waals surface area (Å²) in [6.45, 7) is 4.46. The first-order valence-electron chi connectivity index (χ1n) is 9.74. The van der Waals surface area contributed by atoms with Crippen molar-refractivity contribution in [1.82, 2.24) is 10.2 Å². The van der Waals surface area contributed by atoms with Crippen molar-refractivity contribution < 1.29 is 14.7 Å². The minimum Gasteiger partial charge on any atom is -0.481 e. The average Bonchev–Trinajstić information content (AvgIpc) is 3.16. The van der Waals surface area contributed by atoms with Crippen molar-refractivity contribution in [3.8, 4) is 0 Å². The van der Waals surface area contributed by atoms with Crippen molar-refractivity contribution in [3.63, 3.8) is 0 Å². The molecule has 5 nitrogen and oxygen atoms in total. The molecule has 2 N–H and O–H groups in total. The van der Waals surface area contributed by atoms with Crippen LogP contribution in [0.2, 0.25) is 0 Å². The zero-order valence-electron chi connectivity index (χ0n) is 14.9. The van der Waals surface area contributed by atoms with Gasteiger partial charge in [-0.1, -0.05) is 6.42 Å². The van der Waals surface area contributed by atoms with Gasteiger partial charge in [0.05, 0.1) is 6.54 Å². The third kappa shape index (κ3) is 4.50. The van der Waals surface area contributed by atoms with E-state index in [0.29, 0.717) is 24.4 Å². The predicted molar refractivity (Wildman–Crippen MR) is 92.6 cm³/mol. The minimum absolute atomic E-state index is 0.143. The van der Waals surface area contributed by atoms with Crippen LogP contribution in [0.25, 0.3) is 0 Å². The molecule has 3 aliphatic rings. The fourth-order valence-corrected chi connectivity index (χ4v) is 5.37. The molecule has 24 heavy (non-hydrogen) atoms. The number of nitrogens with one attached hydrogen (secondary N) is 1. The smallest absolute Gasteiger partial charge is 0.303 e. The molecule has 0 aromatic heterocycles. The summed E-state index contributed by atoms with van der Waals surface area (Å²) >= 11 is 0. The maximum absolute atomic E-state index is 12.4. The van der Waals surface area contributed by atoms with Gasteiger partial charge in [-0.2, -0.15) is 0 Å². The molecule has 1 heterocycles. The lowest BCUT2D eigenvalue weighted by Crippen LogP contribution is -2.47. The van der Waals surface area contributed by atoms with E-state index in [1.54, 1.807) is 0 Å². The van der Waals surface area contributed by atoms with Gasteiger partial charge >= 0.3 is 5.97 Å². The van der Waals surface area contributed by atoms with Gasteiger partial charge in [0, 0.05) is 19.0 Å². The summed E-state index contributed by atoms with van der Waals surface area (Å²) in [4.78, 5) is 25.3. The first-order chi connectivity index (χ1) is 11.5.